The van der Waals surface area contributed by atoms with E-state index >= 15 is 0 Å². The molecular formula is C22H25N5O2. The summed E-state index contributed by atoms with van der Waals surface area (Å²) in [4.78, 5) is 22.8. The molecule has 0 aromatic heterocycles. The number of nitrogens with two attached hydrogens (primary N) is 2. The van der Waals surface area contributed by atoms with Crippen LogP contribution in [0.5, 0.6) is 0 Å². The summed E-state index contributed by atoms with van der Waals surface area (Å²) in [6.45, 7) is 0. The van der Waals surface area contributed by atoms with Gasteiger partial charge in [-0.25, -0.2) is 9.79 Å². The van der Waals surface area contributed by atoms with Gasteiger partial charge in [-0.3, -0.25) is 4.90 Å². The summed E-state index contributed by atoms with van der Waals surface area (Å²) in [5, 5.41) is 0. The van der Waals surface area contributed by atoms with Crippen molar-refractivity contribution in [3.63, 3.8) is 0 Å². The van der Waals surface area contributed by atoms with Crippen molar-refractivity contribution in [2.24, 2.45) is 21.5 Å². The van der Waals surface area contributed by atoms with Crippen LogP contribution in [0.1, 0.15) is 42.5 Å². The molecule has 150 valence electrons. The van der Waals surface area contributed by atoms with Crippen LogP contribution in [0.15, 0.2) is 58.5 Å². The number of methoxy groups -OCH3 is 1. The molecule has 1 saturated carbocycles. The van der Waals surface area contributed by atoms with Gasteiger partial charge in [0.05, 0.1) is 18.4 Å². The van der Waals surface area contributed by atoms with Crippen molar-refractivity contribution in [1.29, 1.82) is 0 Å². The fourth-order valence-corrected chi connectivity index (χ4v) is 4.29. The summed E-state index contributed by atoms with van der Waals surface area (Å²) < 4.78 is 4.79. The Morgan fingerprint density at radius 2 is 1.72 bits per heavy atom. The van der Waals surface area contributed by atoms with Gasteiger partial charge in [-0.1, -0.05) is 36.8 Å². The Labute approximate surface area is 170 Å². The quantitative estimate of drug-likeness (QED) is 0.781. The van der Waals surface area contributed by atoms with Gasteiger partial charge in [-0.05, 0) is 49.4 Å². The lowest BCUT2D eigenvalue weighted by Crippen LogP contribution is -2.58. The van der Waals surface area contributed by atoms with E-state index in [0.29, 0.717) is 11.5 Å². The van der Waals surface area contributed by atoms with Crippen molar-refractivity contribution >= 4 is 23.6 Å². The van der Waals surface area contributed by atoms with Crippen molar-refractivity contribution in [3.8, 4) is 11.1 Å². The maximum absolute atomic E-state index is 11.8. The van der Waals surface area contributed by atoms with Crippen LogP contribution in [0.4, 0.5) is 5.69 Å². The average molecular weight is 391 g/mol. The number of esters is 1. The van der Waals surface area contributed by atoms with Crippen molar-refractivity contribution in [1.82, 2.24) is 0 Å². The van der Waals surface area contributed by atoms with Crippen molar-refractivity contribution < 1.29 is 9.53 Å². The lowest BCUT2D eigenvalue weighted by molar-refractivity contribution is 0.0601. The molecule has 0 amide bonds. The van der Waals surface area contributed by atoms with Gasteiger partial charge in [0.25, 0.3) is 0 Å². The van der Waals surface area contributed by atoms with Crippen LogP contribution in [0.2, 0.25) is 0 Å². The number of carbonyl (C=O) groups excluding carboxylic acids is 1. The number of rotatable bonds is 3. The van der Waals surface area contributed by atoms with Gasteiger partial charge in [0, 0.05) is 5.56 Å². The largest absolute Gasteiger partial charge is 0.465 e. The molecular weight excluding hydrogens is 366 g/mol. The molecule has 7 heteroatoms. The molecule has 7 nitrogen and oxygen atoms in total. The van der Waals surface area contributed by atoms with Gasteiger partial charge in [0.15, 0.2) is 0 Å². The summed E-state index contributed by atoms with van der Waals surface area (Å²) in [6, 6.07) is 15.4. The second-order valence-corrected chi connectivity index (χ2v) is 7.40. The lowest BCUT2D eigenvalue weighted by atomic mass is 9.86. The van der Waals surface area contributed by atoms with Gasteiger partial charge in [0.2, 0.25) is 11.9 Å². The molecule has 0 radical (unpaired) electrons. The molecule has 2 aliphatic rings. The molecule has 0 bridgehead atoms. The van der Waals surface area contributed by atoms with Crippen LogP contribution in [-0.4, -0.2) is 30.7 Å². The number of carbonyl (C=O) groups is 1. The van der Waals surface area contributed by atoms with Gasteiger partial charge in [-0.15, -0.1) is 0 Å². The van der Waals surface area contributed by atoms with Crippen LogP contribution in [-0.2, 0) is 4.74 Å². The fraction of sp³-hybridized carbons (Fsp3) is 0.318. The Bertz CT molecular complexity index is 975. The zero-order valence-electron chi connectivity index (χ0n) is 16.5. The molecule has 1 heterocycles. The smallest absolute Gasteiger partial charge is 0.337 e. The number of aliphatic imine (C=N–C) groups is 2. The first-order valence-corrected chi connectivity index (χ1v) is 9.81. The predicted octanol–water partition coefficient (Wildman–Crippen LogP) is 3.25. The summed E-state index contributed by atoms with van der Waals surface area (Å²) in [5.74, 6) is 0.238. The Morgan fingerprint density at radius 1 is 1.03 bits per heavy atom. The highest BCUT2D eigenvalue weighted by Gasteiger charge is 2.43. The van der Waals surface area contributed by atoms with Crippen molar-refractivity contribution in [2.45, 2.75) is 37.8 Å². The molecule has 1 aliphatic heterocycles. The Balaban J connectivity index is 1.80. The highest BCUT2D eigenvalue weighted by Crippen LogP contribution is 2.42. The normalized spacial score (nSPS) is 18.2. The van der Waals surface area contributed by atoms with E-state index in [4.69, 9.17) is 21.2 Å². The molecule has 1 spiro atoms. The number of benzene rings is 2. The molecule has 1 fully saturated rings. The zero-order valence-corrected chi connectivity index (χ0v) is 16.5. The van der Waals surface area contributed by atoms with Gasteiger partial charge in [-0.2, -0.15) is 4.99 Å². The average Bonchev–Trinajstić information content (AvgIpc) is 2.73. The third-order valence-electron chi connectivity index (χ3n) is 5.61. The summed E-state index contributed by atoms with van der Waals surface area (Å²) in [5.41, 5.74) is 15.3. The number of hydrogen-bond acceptors (Lipinski definition) is 7. The number of para-hydroxylation sites is 1. The predicted molar refractivity (Wildman–Crippen MR) is 115 cm³/mol. The highest BCUT2D eigenvalue weighted by molar-refractivity contribution is 6.07. The summed E-state index contributed by atoms with van der Waals surface area (Å²) in [6.07, 6.45) is 5.06. The molecule has 2 aromatic carbocycles. The standard InChI is InChI=1S/C22H25N5O2/c1-29-19(28)16-11-9-15(10-12-16)17-7-3-4-8-18(17)27-21(24)25-20(23)26-22(27)13-5-2-6-14-22/h3-4,7-12H,2,5-6,13-14H2,1H3,(H4,23,24,25,26). The Kier molecular flexibility index (Phi) is 4.96. The highest BCUT2D eigenvalue weighted by atomic mass is 16.5. The third-order valence-corrected chi connectivity index (χ3v) is 5.61. The number of guanidine groups is 2. The monoisotopic (exact) mass is 391 g/mol. The second kappa shape index (κ2) is 7.58. The van der Waals surface area contributed by atoms with Crippen LogP contribution in [0.3, 0.4) is 0 Å². The molecule has 4 rings (SSSR count). The first-order valence-electron chi connectivity index (χ1n) is 9.81. The van der Waals surface area contributed by atoms with Gasteiger partial charge >= 0.3 is 5.97 Å². The third kappa shape index (κ3) is 3.44. The zero-order chi connectivity index (χ0) is 20.4. The van der Waals surface area contributed by atoms with Crippen LogP contribution < -0.4 is 16.4 Å². The van der Waals surface area contributed by atoms with E-state index in [1.807, 2.05) is 41.3 Å². The molecule has 29 heavy (non-hydrogen) atoms. The first-order chi connectivity index (χ1) is 14.0. The van der Waals surface area contributed by atoms with Gasteiger partial charge in [0.1, 0.15) is 5.66 Å². The van der Waals surface area contributed by atoms with E-state index in [1.165, 1.54) is 13.5 Å². The van der Waals surface area contributed by atoms with Crippen molar-refractivity contribution in [3.05, 3.63) is 54.1 Å². The molecule has 0 unspecified atom stereocenters. The number of hydrogen-bond donors (Lipinski definition) is 2. The van der Waals surface area contributed by atoms with Crippen molar-refractivity contribution in [2.75, 3.05) is 12.0 Å². The topological polar surface area (TPSA) is 106 Å². The molecule has 0 atom stereocenters. The first kappa shape index (κ1) is 19.0. The maximum atomic E-state index is 11.8. The van der Waals surface area contributed by atoms with E-state index in [0.717, 1.165) is 42.5 Å². The van der Waals surface area contributed by atoms with E-state index in [2.05, 4.69) is 4.99 Å². The maximum Gasteiger partial charge on any atom is 0.337 e. The molecule has 2 aromatic rings. The fourth-order valence-electron chi connectivity index (χ4n) is 4.29. The second-order valence-electron chi connectivity index (χ2n) is 7.40. The SMILES string of the molecule is COC(=O)c1ccc(-c2ccccc2N2C(N)=NC(N)=NC23CCCCC3)cc1. The summed E-state index contributed by atoms with van der Waals surface area (Å²) >= 11 is 0. The number of nitrogens with zero attached hydrogens (tertiary/aromatic N) is 3. The van der Waals surface area contributed by atoms with E-state index in [9.17, 15) is 4.79 Å². The van der Waals surface area contributed by atoms with Crippen LogP contribution in [0.25, 0.3) is 11.1 Å². The minimum absolute atomic E-state index is 0.237. The number of anilines is 1. The minimum atomic E-state index is -0.504. The molecule has 0 saturated heterocycles. The Hall–Kier alpha value is -3.35. The van der Waals surface area contributed by atoms with E-state index < -0.39 is 5.66 Å². The van der Waals surface area contributed by atoms with E-state index in [1.54, 1.807) is 12.1 Å². The lowest BCUT2D eigenvalue weighted by Gasteiger charge is -2.46. The summed E-state index contributed by atoms with van der Waals surface area (Å²) in [7, 11) is 1.37. The van der Waals surface area contributed by atoms with E-state index in [-0.39, 0.29) is 11.9 Å². The molecule has 4 N–H and O–H groups in total. The van der Waals surface area contributed by atoms with Crippen LogP contribution >= 0.6 is 0 Å². The van der Waals surface area contributed by atoms with Gasteiger partial charge < -0.3 is 16.2 Å². The minimum Gasteiger partial charge on any atom is -0.465 e. The van der Waals surface area contributed by atoms with Crippen LogP contribution in [0, 0.1) is 0 Å². The number of ether oxygens (including phenoxy) is 1. The Morgan fingerprint density at radius 3 is 2.41 bits per heavy atom. The molecule has 1 aliphatic carbocycles.